The minimum atomic E-state index is 0.575. The molecular formula is C12H20N2O. The van der Waals surface area contributed by atoms with Crippen LogP contribution in [-0.4, -0.2) is 11.6 Å². The Morgan fingerprint density at radius 2 is 2.07 bits per heavy atom. The van der Waals surface area contributed by atoms with Crippen LogP contribution in [0.4, 0.5) is 5.69 Å². The van der Waals surface area contributed by atoms with Crippen molar-refractivity contribution in [3.05, 3.63) is 17.8 Å². The summed E-state index contributed by atoms with van der Waals surface area (Å²) in [5.74, 6) is 0.575. The second-order valence-electron chi connectivity index (χ2n) is 3.76. The van der Waals surface area contributed by atoms with Crippen LogP contribution >= 0.6 is 0 Å². The molecule has 15 heavy (non-hydrogen) atoms. The Morgan fingerprint density at radius 3 is 2.80 bits per heavy atom. The molecule has 84 valence electrons. The average Bonchev–Trinajstić information content (AvgIpc) is 2.23. The molecule has 1 heterocycles. The Labute approximate surface area is 91.7 Å². The Kier molecular flexibility index (Phi) is 4.95. The van der Waals surface area contributed by atoms with E-state index in [2.05, 4.69) is 11.9 Å². The number of ether oxygens (including phenoxy) is 1. The lowest BCUT2D eigenvalue weighted by Gasteiger charge is -2.07. The van der Waals surface area contributed by atoms with E-state index in [1.165, 1.54) is 19.3 Å². The van der Waals surface area contributed by atoms with Gasteiger partial charge in [0.2, 0.25) is 5.88 Å². The molecule has 0 bridgehead atoms. The zero-order valence-corrected chi connectivity index (χ0v) is 9.62. The van der Waals surface area contributed by atoms with Crippen molar-refractivity contribution < 1.29 is 4.74 Å². The highest BCUT2D eigenvalue weighted by atomic mass is 16.5. The molecule has 0 atom stereocenters. The Morgan fingerprint density at radius 1 is 1.27 bits per heavy atom. The second-order valence-corrected chi connectivity index (χ2v) is 3.76. The number of rotatable bonds is 6. The van der Waals surface area contributed by atoms with E-state index in [0.29, 0.717) is 18.2 Å². The first kappa shape index (κ1) is 11.8. The topological polar surface area (TPSA) is 48.1 Å². The van der Waals surface area contributed by atoms with Crippen LogP contribution in [0.1, 0.15) is 38.3 Å². The first-order valence-electron chi connectivity index (χ1n) is 5.60. The van der Waals surface area contributed by atoms with Gasteiger partial charge in [0.25, 0.3) is 0 Å². The molecule has 0 spiro atoms. The molecule has 0 aromatic carbocycles. The third-order valence-electron chi connectivity index (χ3n) is 2.27. The molecule has 0 radical (unpaired) electrons. The molecule has 3 nitrogen and oxygen atoms in total. The van der Waals surface area contributed by atoms with Crippen molar-refractivity contribution in [3.8, 4) is 5.88 Å². The largest absolute Gasteiger partial charge is 0.476 e. The maximum absolute atomic E-state index is 5.74. The molecule has 2 N–H and O–H groups in total. The summed E-state index contributed by atoms with van der Waals surface area (Å²) in [5, 5.41) is 0. The van der Waals surface area contributed by atoms with Crippen LogP contribution in [0.5, 0.6) is 5.88 Å². The van der Waals surface area contributed by atoms with Gasteiger partial charge in [0, 0.05) is 5.69 Å². The molecular weight excluding hydrogens is 188 g/mol. The summed E-state index contributed by atoms with van der Waals surface area (Å²) in [6.07, 6.45) is 4.79. The zero-order valence-electron chi connectivity index (χ0n) is 9.62. The van der Waals surface area contributed by atoms with Gasteiger partial charge in [-0.3, -0.25) is 0 Å². The molecule has 1 aromatic heterocycles. The highest BCUT2D eigenvalue weighted by Crippen LogP contribution is 2.18. The number of hydrogen-bond donors (Lipinski definition) is 1. The lowest BCUT2D eigenvalue weighted by Crippen LogP contribution is -2.03. The summed E-state index contributed by atoms with van der Waals surface area (Å²) < 4.78 is 5.53. The molecule has 1 rings (SSSR count). The van der Waals surface area contributed by atoms with E-state index in [1.807, 2.05) is 19.1 Å². The first-order chi connectivity index (χ1) is 7.24. The molecule has 0 aliphatic heterocycles. The van der Waals surface area contributed by atoms with Gasteiger partial charge >= 0.3 is 0 Å². The van der Waals surface area contributed by atoms with Crippen LogP contribution in [0.3, 0.4) is 0 Å². The summed E-state index contributed by atoms with van der Waals surface area (Å²) in [7, 11) is 0. The number of pyridine rings is 1. The van der Waals surface area contributed by atoms with Crippen molar-refractivity contribution in [3.63, 3.8) is 0 Å². The van der Waals surface area contributed by atoms with Gasteiger partial charge in [-0.2, -0.15) is 0 Å². The monoisotopic (exact) mass is 208 g/mol. The number of aryl methyl sites for hydroxylation is 1. The molecule has 1 aromatic rings. The predicted molar refractivity (Wildman–Crippen MR) is 63.0 cm³/mol. The smallest absolute Gasteiger partial charge is 0.237 e. The second kappa shape index (κ2) is 6.27. The van der Waals surface area contributed by atoms with E-state index >= 15 is 0 Å². The number of nitrogen functional groups attached to an aromatic ring is 1. The van der Waals surface area contributed by atoms with E-state index in [0.717, 1.165) is 12.1 Å². The quantitative estimate of drug-likeness (QED) is 0.731. The maximum Gasteiger partial charge on any atom is 0.237 e. The Balaban J connectivity index is 2.33. The normalized spacial score (nSPS) is 10.3. The number of nitrogens with zero attached hydrogens (tertiary/aromatic N) is 1. The van der Waals surface area contributed by atoms with Gasteiger partial charge in [-0.25, -0.2) is 4.98 Å². The predicted octanol–water partition coefficient (Wildman–Crippen LogP) is 2.93. The molecule has 0 fully saturated rings. The van der Waals surface area contributed by atoms with E-state index in [4.69, 9.17) is 10.5 Å². The molecule has 0 aliphatic rings. The summed E-state index contributed by atoms with van der Waals surface area (Å²) in [6, 6.07) is 3.73. The lowest BCUT2D eigenvalue weighted by molar-refractivity contribution is 0.295. The number of nitrogens with two attached hydrogens (primary N) is 1. The van der Waals surface area contributed by atoms with Crippen molar-refractivity contribution in [2.24, 2.45) is 0 Å². The van der Waals surface area contributed by atoms with Crippen LogP contribution in [0.2, 0.25) is 0 Å². The Hall–Kier alpha value is -1.25. The number of unbranched alkanes of at least 4 members (excludes halogenated alkanes) is 3. The highest BCUT2D eigenvalue weighted by molar-refractivity contribution is 5.48. The van der Waals surface area contributed by atoms with E-state index in [-0.39, 0.29) is 0 Å². The van der Waals surface area contributed by atoms with Gasteiger partial charge in [-0.1, -0.05) is 26.2 Å². The molecule has 0 unspecified atom stereocenters. The van der Waals surface area contributed by atoms with Gasteiger partial charge in [-0.05, 0) is 25.5 Å². The van der Waals surface area contributed by atoms with Gasteiger partial charge in [0.05, 0.1) is 12.3 Å². The van der Waals surface area contributed by atoms with Crippen molar-refractivity contribution >= 4 is 5.69 Å². The van der Waals surface area contributed by atoms with Crippen LogP contribution < -0.4 is 10.5 Å². The third-order valence-corrected chi connectivity index (χ3v) is 2.27. The SMILES string of the molecule is CCCCCCOc1nc(C)ccc1N. The first-order valence-corrected chi connectivity index (χ1v) is 5.60. The van der Waals surface area contributed by atoms with Crippen molar-refractivity contribution in [2.75, 3.05) is 12.3 Å². The Bertz CT molecular complexity index is 300. The standard InChI is InChI=1S/C12H20N2O/c1-3-4-5-6-9-15-12-11(13)8-7-10(2)14-12/h7-8H,3-6,9,13H2,1-2H3. The van der Waals surface area contributed by atoms with E-state index < -0.39 is 0 Å². The van der Waals surface area contributed by atoms with Crippen LogP contribution in [-0.2, 0) is 0 Å². The fourth-order valence-electron chi connectivity index (χ4n) is 1.36. The van der Waals surface area contributed by atoms with Gasteiger partial charge in [0.15, 0.2) is 0 Å². The lowest BCUT2D eigenvalue weighted by atomic mass is 10.2. The van der Waals surface area contributed by atoms with E-state index in [9.17, 15) is 0 Å². The fraction of sp³-hybridized carbons (Fsp3) is 0.583. The molecule has 0 saturated heterocycles. The fourth-order valence-corrected chi connectivity index (χ4v) is 1.36. The summed E-state index contributed by atoms with van der Waals surface area (Å²) in [6.45, 7) is 4.84. The van der Waals surface area contributed by atoms with Crippen molar-refractivity contribution in [2.45, 2.75) is 39.5 Å². The van der Waals surface area contributed by atoms with Crippen LogP contribution in [0.25, 0.3) is 0 Å². The summed E-state index contributed by atoms with van der Waals surface area (Å²) >= 11 is 0. The minimum Gasteiger partial charge on any atom is -0.476 e. The van der Waals surface area contributed by atoms with Crippen LogP contribution in [0.15, 0.2) is 12.1 Å². The third kappa shape index (κ3) is 4.19. The highest BCUT2D eigenvalue weighted by Gasteiger charge is 2.01. The number of hydrogen-bond acceptors (Lipinski definition) is 3. The summed E-state index contributed by atoms with van der Waals surface area (Å²) in [5.41, 5.74) is 7.30. The molecule has 0 saturated carbocycles. The van der Waals surface area contributed by atoms with E-state index in [1.54, 1.807) is 0 Å². The molecule has 0 amide bonds. The average molecular weight is 208 g/mol. The zero-order chi connectivity index (χ0) is 11.1. The number of anilines is 1. The maximum atomic E-state index is 5.74. The number of aromatic nitrogens is 1. The van der Waals surface area contributed by atoms with Gasteiger partial charge < -0.3 is 10.5 Å². The van der Waals surface area contributed by atoms with Crippen molar-refractivity contribution in [1.82, 2.24) is 4.98 Å². The minimum absolute atomic E-state index is 0.575. The summed E-state index contributed by atoms with van der Waals surface area (Å²) in [4.78, 5) is 4.24. The van der Waals surface area contributed by atoms with Crippen LogP contribution in [0, 0.1) is 6.92 Å². The molecule has 0 aliphatic carbocycles. The molecule has 3 heteroatoms. The van der Waals surface area contributed by atoms with Gasteiger partial charge in [-0.15, -0.1) is 0 Å². The van der Waals surface area contributed by atoms with Crippen molar-refractivity contribution in [1.29, 1.82) is 0 Å². The van der Waals surface area contributed by atoms with Gasteiger partial charge in [0.1, 0.15) is 0 Å².